The molecule has 0 atom stereocenters. The van der Waals surface area contributed by atoms with E-state index in [1.807, 2.05) is 0 Å². The average molecular weight is 190 g/mol. The standard InChI is InChI=1S/C7H18N4O2/c8-1-2-9-3-4-10-5-6-11-13-7-12/h7,9-11H,1-6,8H2. The molecule has 13 heavy (non-hydrogen) atoms. The van der Waals surface area contributed by atoms with Crippen LogP contribution >= 0.6 is 0 Å². The van der Waals surface area contributed by atoms with Gasteiger partial charge in [-0.15, -0.1) is 0 Å². The quantitative estimate of drug-likeness (QED) is 0.178. The van der Waals surface area contributed by atoms with Crippen molar-refractivity contribution in [2.45, 2.75) is 0 Å². The van der Waals surface area contributed by atoms with Gasteiger partial charge in [0.25, 0.3) is 0 Å². The number of hydrogen-bond acceptors (Lipinski definition) is 6. The van der Waals surface area contributed by atoms with Gasteiger partial charge in [-0.3, -0.25) is 4.79 Å². The molecule has 0 fully saturated rings. The molecule has 6 nitrogen and oxygen atoms in total. The monoisotopic (exact) mass is 190 g/mol. The van der Waals surface area contributed by atoms with E-state index in [0.717, 1.165) is 26.2 Å². The molecule has 5 N–H and O–H groups in total. The maximum absolute atomic E-state index is 9.68. The first-order chi connectivity index (χ1) is 6.41. The smallest absolute Gasteiger partial charge is 0.312 e. The zero-order valence-corrected chi connectivity index (χ0v) is 7.71. The Bertz CT molecular complexity index is 113. The highest BCUT2D eigenvalue weighted by Crippen LogP contribution is 1.61. The fraction of sp³-hybridized carbons (Fsp3) is 0.857. The molecule has 0 saturated heterocycles. The van der Waals surface area contributed by atoms with Crippen LogP contribution in [-0.2, 0) is 9.63 Å². The Labute approximate surface area is 78.1 Å². The van der Waals surface area contributed by atoms with Crippen LogP contribution in [0.3, 0.4) is 0 Å². The van der Waals surface area contributed by atoms with Gasteiger partial charge in [0.15, 0.2) is 0 Å². The SMILES string of the molecule is NCCNCCNCCNOC=O. The Morgan fingerprint density at radius 1 is 1.08 bits per heavy atom. The molecule has 0 heterocycles. The van der Waals surface area contributed by atoms with E-state index >= 15 is 0 Å². The van der Waals surface area contributed by atoms with Gasteiger partial charge in [-0.05, 0) is 0 Å². The van der Waals surface area contributed by atoms with Crippen molar-refractivity contribution in [2.24, 2.45) is 5.73 Å². The van der Waals surface area contributed by atoms with Crippen LogP contribution in [0.1, 0.15) is 0 Å². The second kappa shape index (κ2) is 11.3. The molecule has 0 unspecified atom stereocenters. The fourth-order valence-electron chi connectivity index (χ4n) is 0.761. The zero-order chi connectivity index (χ0) is 9.78. The summed E-state index contributed by atoms with van der Waals surface area (Å²) in [6.45, 7) is 5.01. The Morgan fingerprint density at radius 2 is 1.69 bits per heavy atom. The summed E-state index contributed by atoms with van der Waals surface area (Å²) in [6, 6.07) is 0. The van der Waals surface area contributed by atoms with Gasteiger partial charge in [-0.1, -0.05) is 0 Å². The van der Waals surface area contributed by atoms with Crippen molar-refractivity contribution in [1.82, 2.24) is 16.1 Å². The third-order valence-corrected chi connectivity index (χ3v) is 1.33. The molecule has 78 valence electrons. The van der Waals surface area contributed by atoms with Crippen LogP contribution in [0.2, 0.25) is 0 Å². The molecule has 0 radical (unpaired) electrons. The van der Waals surface area contributed by atoms with Crippen molar-refractivity contribution in [3.63, 3.8) is 0 Å². The van der Waals surface area contributed by atoms with E-state index < -0.39 is 0 Å². The second-order valence-electron chi connectivity index (χ2n) is 2.40. The fourth-order valence-corrected chi connectivity index (χ4v) is 0.761. The van der Waals surface area contributed by atoms with E-state index in [1.165, 1.54) is 0 Å². The molecule has 6 heteroatoms. The van der Waals surface area contributed by atoms with Crippen LogP contribution in [0.25, 0.3) is 0 Å². The lowest BCUT2D eigenvalue weighted by Gasteiger charge is -2.05. The maximum atomic E-state index is 9.68. The summed E-state index contributed by atoms with van der Waals surface area (Å²) in [5.74, 6) is 0. The lowest BCUT2D eigenvalue weighted by atomic mass is 10.5. The molecule has 0 saturated carbocycles. The molecule has 0 aromatic carbocycles. The van der Waals surface area contributed by atoms with Crippen molar-refractivity contribution in [1.29, 1.82) is 0 Å². The van der Waals surface area contributed by atoms with Gasteiger partial charge >= 0.3 is 6.47 Å². The van der Waals surface area contributed by atoms with Gasteiger partial charge in [0, 0.05) is 39.3 Å². The molecule has 0 amide bonds. The van der Waals surface area contributed by atoms with Gasteiger partial charge in [0.05, 0.1) is 0 Å². The lowest BCUT2D eigenvalue weighted by Crippen LogP contribution is -2.34. The topological polar surface area (TPSA) is 88.4 Å². The van der Waals surface area contributed by atoms with Gasteiger partial charge in [-0.2, -0.15) is 5.48 Å². The second-order valence-corrected chi connectivity index (χ2v) is 2.40. The van der Waals surface area contributed by atoms with Crippen LogP contribution in [0, 0.1) is 0 Å². The molecule has 0 bridgehead atoms. The van der Waals surface area contributed by atoms with Crippen molar-refractivity contribution < 1.29 is 9.63 Å². The van der Waals surface area contributed by atoms with E-state index in [4.69, 9.17) is 5.73 Å². The first-order valence-electron chi connectivity index (χ1n) is 4.35. The Balaban J connectivity index is 2.79. The lowest BCUT2D eigenvalue weighted by molar-refractivity contribution is -0.135. The number of hydrogen-bond donors (Lipinski definition) is 4. The van der Waals surface area contributed by atoms with E-state index in [0.29, 0.717) is 19.6 Å². The van der Waals surface area contributed by atoms with Gasteiger partial charge in [-0.25, -0.2) is 0 Å². The summed E-state index contributed by atoms with van der Waals surface area (Å²) in [5.41, 5.74) is 7.75. The van der Waals surface area contributed by atoms with Gasteiger partial charge < -0.3 is 21.2 Å². The van der Waals surface area contributed by atoms with E-state index in [-0.39, 0.29) is 0 Å². The number of nitrogens with two attached hydrogens (primary N) is 1. The van der Waals surface area contributed by atoms with Crippen LogP contribution in [0.15, 0.2) is 0 Å². The number of nitrogens with one attached hydrogen (secondary N) is 3. The van der Waals surface area contributed by atoms with E-state index in [2.05, 4.69) is 21.0 Å². The summed E-state index contributed by atoms with van der Waals surface area (Å²) < 4.78 is 0. The summed E-state index contributed by atoms with van der Waals surface area (Å²) in [4.78, 5) is 14.0. The molecule has 0 aromatic rings. The summed E-state index contributed by atoms with van der Waals surface area (Å²) in [5, 5.41) is 6.28. The third-order valence-electron chi connectivity index (χ3n) is 1.33. The molecule has 0 spiro atoms. The van der Waals surface area contributed by atoms with Crippen molar-refractivity contribution in [3.05, 3.63) is 0 Å². The Hall–Kier alpha value is -0.690. The minimum atomic E-state index is 0.364. The third kappa shape index (κ3) is 11.3. The number of rotatable bonds is 10. The van der Waals surface area contributed by atoms with Crippen molar-refractivity contribution >= 4 is 6.47 Å². The molecular weight excluding hydrogens is 172 g/mol. The average Bonchev–Trinajstić information content (AvgIpc) is 2.16. The molecule has 0 rings (SSSR count). The number of carbonyl (C=O) groups excluding carboxylic acids is 1. The first kappa shape index (κ1) is 12.3. The molecular formula is C7H18N4O2. The van der Waals surface area contributed by atoms with E-state index in [9.17, 15) is 4.79 Å². The van der Waals surface area contributed by atoms with E-state index in [1.54, 1.807) is 0 Å². The molecule has 0 aliphatic heterocycles. The van der Waals surface area contributed by atoms with Crippen LogP contribution < -0.4 is 21.8 Å². The van der Waals surface area contributed by atoms with Crippen molar-refractivity contribution in [3.8, 4) is 0 Å². The van der Waals surface area contributed by atoms with Crippen molar-refractivity contribution in [2.75, 3.05) is 39.3 Å². The maximum Gasteiger partial charge on any atom is 0.312 e. The summed E-state index contributed by atoms with van der Waals surface area (Å²) in [7, 11) is 0. The first-order valence-corrected chi connectivity index (χ1v) is 4.35. The highest BCUT2D eigenvalue weighted by Gasteiger charge is 1.87. The van der Waals surface area contributed by atoms with Crippen LogP contribution in [-0.4, -0.2) is 45.7 Å². The Morgan fingerprint density at radius 3 is 2.31 bits per heavy atom. The normalized spacial score (nSPS) is 9.92. The summed E-state index contributed by atoms with van der Waals surface area (Å²) >= 11 is 0. The Kier molecular flexibility index (Phi) is 10.7. The largest absolute Gasteiger partial charge is 0.374 e. The van der Waals surface area contributed by atoms with Crippen LogP contribution in [0.4, 0.5) is 0 Å². The van der Waals surface area contributed by atoms with Gasteiger partial charge in [0.1, 0.15) is 0 Å². The molecule has 0 aliphatic rings. The number of carbonyl (C=O) groups is 1. The minimum absolute atomic E-state index is 0.364. The highest BCUT2D eigenvalue weighted by molar-refractivity contribution is 5.36. The van der Waals surface area contributed by atoms with Crippen LogP contribution in [0.5, 0.6) is 0 Å². The minimum Gasteiger partial charge on any atom is -0.374 e. The predicted octanol–water partition coefficient (Wildman–Crippen LogP) is -2.20. The zero-order valence-electron chi connectivity index (χ0n) is 7.71. The highest BCUT2D eigenvalue weighted by atomic mass is 16.7. The summed E-state index contributed by atoms with van der Waals surface area (Å²) in [6.07, 6.45) is 0. The number of hydroxylamine groups is 1. The molecule has 0 aromatic heterocycles. The van der Waals surface area contributed by atoms with Gasteiger partial charge in [0.2, 0.25) is 0 Å². The predicted molar refractivity (Wildman–Crippen MR) is 49.9 cm³/mol. The molecule has 0 aliphatic carbocycles.